The minimum atomic E-state index is 0.609. The fourth-order valence-corrected chi connectivity index (χ4v) is 0.403. The van der Waals surface area contributed by atoms with Crippen molar-refractivity contribution in [1.29, 1.82) is 10.8 Å². The standard InChI is InChI=1S/C6H11N3/c1-5(9-2)6(3-7)4-8/h3-4,7-9H,1-2H3. The number of allylic oxidation sites excluding steroid dienone is 2. The van der Waals surface area contributed by atoms with Gasteiger partial charge in [-0.3, -0.25) is 0 Å². The summed E-state index contributed by atoms with van der Waals surface area (Å²) in [6, 6.07) is 0. The normalized spacial score (nSPS) is 7.78. The highest BCUT2D eigenvalue weighted by Crippen LogP contribution is 1.91. The molecule has 0 aromatic carbocycles. The van der Waals surface area contributed by atoms with Gasteiger partial charge in [-0.2, -0.15) is 0 Å². The van der Waals surface area contributed by atoms with E-state index < -0.39 is 0 Å². The number of rotatable bonds is 3. The van der Waals surface area contributed by atoms with Crippen LogP contribution >= 0.6 is 0 Å². The molecule has 0 saturated carbocycles. The quantitative estimate of drug-likeness (QED) is 0.479. The summed E-state index contributed by atoms with van der Waals surface area (Å²) in [5.74, 6) is 0. The van der Waals surface area contributed by atoms with Crippen molar-refractivity contribution >= 4 is 12.4 Å². The van der Waals surface area contributed by atoms with Crippen LogP contribution in [0.1, 0.15) is 6.92 Å². The van der Waals surface area contributed by atoms with E-state index in [1.54, 1.807) is 7.05 Å². The fourth-order valence-electron chi connectivity index (χ4n) is 0.403. The second-order valence-corrected chi connectivity index (χ2v) is 1.62. The van der Waals surface area contributed by atoms with Gasteiger partial charge in [-0.1, -0.05) is 0 Å². The summed E-state index contributed by atoms with van der Waals surface area (Å²) >= 11 is 0. The zero-order valence-corrected chi connectivity index (χ0v) is 5.65. The highest BCUT2D eigenvalue weighted by molar-refractivity contribution is 6.02. The largest absolute Gasteiger partial charge is 0.391 e. The summed E-state index contributed by atoms with van der Waals surface area (Å²) in [5, 5.41) is 16.5. The molecule has 3 heteroatoms. The monoisotopic (exact) mass is 125 g/mol. The molecule has 0 atom stereocenters. The number of hydrogen-bond acceptors (Lipinski definition) is 3. The molecule has 0 aliphatic rings. The van der Waals surface area contributed by atoms with Crippen LogP contribution in [0, 0.1) is 10.8 Å². The van der Waals surface area contributed by atoms with Crippen LogP contribution in [-0.2, 0) is 0 Å². The van der Waals surface area contributed by atoms with Crippen molar-refractivity contribution < 1.29 is 0 Å². The van der Waals surface area contributed by atoms with Crippen LogP contribution in [0.5, 0.6) is 0 Å². The topological polar surface area (TPSA) is 59.7 Å². The Hall–Kier alpha value is -1.12. The van der Waals surface area contributed by atoms with Crippen LogP contribution in [0.2, 0.25) is 0 Å². The highest BCUT2D eigenvalue weighted by atomic mass is 14.8. The molecule has 50 valence electrons. The molecule has 3 nitrogen and oxygen atoms in total. The number of nitrogens with one attached hydrogen (secondary N) is 3. The maximum absolute atomic E-state index is 6.82. The van der Waals surface area contributed by atoms with Crippen LogP contribution < -0.4 is 5.32 Å². The van der Waals surface area contributed by atoms with Crippen molar-refractivity contribution in [3.8, 4) is 0 Å². The average molecular weight is 125 g/mol. The molecule has 0 amide bonds. The SMILES string of the molecule is CNC(C)=C(C=N)C=N. The molecule has 0 aromatic rings. The van der Waals surface area contributed by atoms with Crippen LogP contribution in [0.3, 0.4) is 0 Å². The molecule has 0 unspecified atom stereocenters. The van der Waals surface area contributed by atoms with Crippen molar-refractivity contribution in [2.75, 3.05) is 7.05 Å². The molecular weight excluding hydrogens is 114 g/mol. The molecule has 0 bridgehead atoms. The van der Waals surface area contributed by atoms with Crippen molar-refractivity contribution in [3.05, 3.63) is 11.3 Å². The van der Waals surface area contributed by atoms with E-state index in [1.165, 1.54) is 0 Å². The summed E-state index contributed by atoms with van der Waals surface area (Å²) in [5.41, 5.74) is 1.46. The second-order valence-electron chi connectivity index (χ2n) is 1.62. The highest BCUT2D eigenvalue weighted by Gasteiger charge is 1.90. The van der Waals surface area contributed by atoms with E-state index in [0.717, 1.165) is 18.1 Å². The Morgan fingerprint density at radius 1 is 1.33 bits per heavy atom. The maximum atomic E-state index is 6.82. The molecule has 0 aliphatic heterocycles. The predicted molar refractivity (Wildman–Crippen MR) is 39.3 cm³/mol. The van der Waals surface area contributed by atoms with E-state index >= 15 is 0 Å². The lowest BCUT2D eigenvalue weighted by atomic mass is 10.2. The third kappa shape index (κ3) is 2.08. The maximum Gasteiger partial charge on any atom is 0.0282 e. The lowest BCUT2D eigenvalue weighted by Gasteiger charge is -1.99. The Labute approximate surface area is 54.8 Å². The predicted octanol–water partition coefficient (Wildman–Crippen LogP) is 0.779. The summed E-state index contributed by atoms with van der Waals surface area (Å²) in [4.78, 5) is 0. The Kier molecular flexibility index (Phi) is 3.35. The zero-order chi connectivity index (χ0) is 7.28. The van der Waals surface area contributed by atoms with Crippen LogP contribution in [-0.4, -0.2) is 19.5 Å². The van der Waals surface area contributed by atoms with Gasteiger partial charge in [0.2, 0.25) is 0 Å². The molecule has 0 radical (unpaired) electrons. The molecule has 0 aromatic heterocycles. The molecule has 0 aliphatic carbocycles. The minimum Gasteiger partial charge on any atom is -0.391 e. The first-order valence-electron chi connectivity index (χ1n) is 2.65. The lowest BCUT2D eigenvalue weighted by molar-refractivity contribution is 0.987. The van der Waals surface area contributed by atoms with Crippen LogP contribution in [0.4, 0.5) is 0 Å². The van der Waals surface area contributed by atoms with Gasteiger partial charge in [0, 0.05) is 30.7 Å². The average Bonchev–Trinajstić information content (AvgIpc) is 1.90. The van der Waals surface area contributed by atoms with Crippen molar-refractivity contribution in [3.63, 3.8) is 0 Å². The van der Waals surface area contributed by atoms with Crippen molar-refractivity contribution in [1.82, 2.24) is 5.32 Å². The van der Waals surface area contributed by atoms with Crippen LogP contribution in [0.15, 0.2) is 11.3 Å². The Morgan fingerprint density at radius 2 is 1.78 bits per heavy atom. The Bertz CT molecular complexity index is 136. The van der Waals surface area contributed by atoms with Crippen LogP contribution in [0.25, 0.3) is 0 Å². The van der Waals surface area contributed by atoms with Gasteiger partial charge in [0.1, 0.15) is 0 Å². The summed E-state index contributed by atoms with van der Waals surface area (Å²) in [7, 11) is 1.77. The first kappa shape index (κ1) is 7.88. The van der Waals surface area contributed by atoms with Crippen molar-refractivity contribution in [2.45, 2.75) is 6.92 Å². The lowest BCUT2D eigenvalue weighted by Crippen LogP contribution is -2.06. The van der Waals surface area contributed by atoms with Gasteiger partial charge in [0.25, 0.3) is 0 Å². The fraction of sp³-hybridized carbons (Fsp3) is 0.333. The van der Waals surface area contributed by atoms with Gasteiger partial charge >= 0.3 is 0 Å². The third-order valence-electron chi connectivity index (χ3n) is 1.12. The Morgan fingerprint density at radius 3 is 1.89 bits per heavy atom. The van der Waals surface area contributed by atoms with E-state index in [0.29, 0.717) is 5.57 Å². The van der Waals surface area contributed by atoms with Gasteiger partial charge in [0.05, 0.1) is 0 Å². The second kappa shape index (κ2) is 3.83. The van der Waals surface area contributed by atoms with E-state index in [2.05, 4.69) is 5.32 Å². The summed E-state index contributed by atoms with van der Waals surface area (Å²) < 4.78 is 0. The number of hydrogen-bond donors (Lipinski definition) is 3. The minimum absolute atomic E-state index is 0.609. The van der Waals surface area contributed by atoms with Gasteiger partial charge < -0.3 is 16.1 Å². The van der Waals surface area contributed by atoms with Gasteiger partial charge in [0.15, 0.2) is 0 Å². The molecule has 0 spiro atoms. The van der Waals surface area contributed by atoms with Gasteiger partial charge in [-0.25, -0.2) is 0 Å². The molecule has 0 saturated heterocycles. The first-order chi connectivity index (χ1) is 4.26. The first-order valence-corrected chi connectivity index (χ1v) is 2.65. The Balaban J connectivity index is 4.36. The van der Waals surface area contributed by atoms with E-state index in [1.807, 2.05) is 6.92 Å². The smallest absolute Gasteiger partial charge is 0.0282 e. The molecular formula is C6H11N3. The van der Waals surface area contributed by atoms with E-state index in [4.69, 9.17) is 10.8 Å². The summed E-state index contributed by atoms with van der Waals surface area (Å²) in [6.45, 7) is 1.82. The molecule has 0 heterocycles. The van der Waals surface area contributed by atoms with Crippen molar-refractivity contribution in [2.24, 2.45) is 0 Å². The van der Waals surface area contributed by atoms with E-state index in [-0.39, 0.29) is 0 Å². The third-order valence-corrected chi connectivity index (χ3v) is 1.12. The zero-order valence-electron chi connectivity index (χ0n) is 5.65. The van der Waals surface area contributed by atoms with Gasteiger partial charge in [-0.05, 0) is 6.92 Å². The summed E-state index contributed by atoms with van der Waals surface area (Å²) in [6.07, 6.45) is 2.30. The molecule has 9 heavy (non-hydrogen) atoms. The molecule has 3 N–H and O–H groups in total. The molecule has 0 rings (SSSR count). The van der Waals surface area contributed by atoms with Gasteiger partial charge in [-0.15, -0.1) is 0 Å². The van der Waals surface area contributed by atoms with E-state index in [9.17, 15) is 0 Å². The molecule has 0 fully saturated rings.